The van der Waals surface area contributed by atoms with E-state index in [-0.39, 0.29) is 21.7 Å². The van der Waals surface area contributed by atoms with Crippen LogP contribution in [0.15, 0.2) is 15.7 Å². The summed E-state index contributed by atoms with van der Waals surface area (Å²) in [6.45, 7) is 1.49. The van der Waals surface area contributed by atoms with E-state index in [2.05, 4.69) is 5.32 Å². The predicted molar refractivity (Wildman–Crippen MR) is 85.6 cm³/mol. The van der Waals surface area contributed by atoms with Crippen molar-refractivity contribution >= 4 is 33.2 Å². The fourth-order valence-corrected chi connectivity index (χ4v) is 3.99. The zero-order valence-electron chi connectivity index (χ0n) is 12.8. The number of rotatable bonds is 5. The fraction of sp³-hybridized carbons (Fsp3) is 0.571. The van der Waals surface area contributed by atoms with Gasteiger partial charge in [0.25, 0.3) is 5.91 Å². The molecule has 1 unspecified atom stereocenters. The maximum atomic E-state index is 12.0. The number of esters is 1. The van der Waals surface area contributed by atoms with Gasteiger partial charge in [-0.1, -0.05) is 19.3 Å². The summed E-state index contributed by atoms with van der Waals surface area (Å²) in [4.78, 5) is 24.0. The minimum atomic E-state index is -3.85. The van der Waals surface area contributed by atoms with Crippen LogP contribution in [-0.4, -0.2) is 32.4 Å². The van der Waals surface area contributed by atoms with Gasteiger partial charge in [-0.2, -0.15) is 0 Å². The van der Waals surface area contributed by atoms with Crippen LogP contribution >= 0.6 is 11.3 Å². The van der Waals surface area contributed by atoms with Crippen molar-refractivity contribution in [1.29, 1.82) is 0 Å². The summed E-state index contributed by atoms with van der Waals surface area (Å²) in [5.74, 6) is -1.09. The first-order valence-electron chi connectivity index (χ1n) is 7.40. The number of hydrogen-bond acceptors (Lipinski definition) is 6. The molecule has 9 heteroatoms. The second-order valence-electron chi connectivity index (χ2n) is 5.59. The first-order valence-corrected chi connectivity index (χ1v) is 9.82. The van der Waals surface area contributed by atoms with Crippen molar-refractivity contribution in [1.82, 2.24) is 5.32 Å². The number of nitrogens with two attached hydrogens (primary N) is 1. The molecule has 1 aromatic rings. The number of ether oxygens (including phenoxy) is 1. The molecule has 1 saturated carbocycles. The molecular weight excluding hydrogens is 340 g/mol. The van der Waals surface area contributed by atoms with Crippen LogP contribution in [0.25, 0.3) is 0 Å². The molecule has 0 bridgehead atoms. The van der Waals surface area contributed by atoms with Crippen LogP contribution < -0.4 is 10.5 Å². The van der Waals surface area contributed by atoms with E-state index < -0.39 is 22.1 Å². The average Bonchev–Trinajstić information content (AvgIpc) is 2.98. The fourth-order valence-electron chi connectivity index (χ4n) is 2.42. The molecule has 7 nitrogen and oxygen atoms in total. The van der Waals surface area contributed by atoms with Crippen LogP contribution in [0.2, 0.25) is 0 Å². The largest absolute Gasteiger partial charge is 0.449 e. The van der Waals surface area contributed by atoms with E-state index in [4.69, 9.17) is 9.88 Å². The molecule has 0 spiro atoms. The van der Waals surface area contributed by atoms with Gasteiger partial charge in [-0.3, -0.25) is 4.79 Å². The molecular formula is C14H20N2O5S2. The molecule has 1 fully saturated rings. The highest BCUT2D eigenvalue weighted by molar-refractivity contribution is 7.91. The molecule has 0 radical (unpaired) electrons. The second kappa shape index (κ2) is 7.41. The molecule has 1 amide bonds. The van der Waals surface area contributed by atoms with Gasteiger partial charge in [0.15, 0.2) is 6.10 Å². The number of sulfonamides is 1. The van der Waals surface area contributed by atoms with Gasteiger partial charge in [-0.25, -0.2) is 18.4 Å². The Morgan fingerprint density at radius 1 is 1.35 bits per heavy atom. The van der Waals surface area contributed by atoms with E-state index >= 15 is 0 Å². The second-order valence-corrected chi connectivity index (χ2v) is 8.29. The first kappa shape index (κ1) is 17.9. The van der Waals surface area contributed by atoms with Gasteiger partial charge in [-0.05, 0) is 25.8 Å². The summed E-state index contributed by atoms with van der Waals surface area (Å²) in [6, 6.07) is 1.28. The monoisotopic (exact) mass is 360 g/mol. The summed E-state index contributed by atoms with van der Waals surface area (Å²) in [7, 11) is -3.85. The minimum Gasteiger partial charge on any atom is -0.449 e. The van der Waals surface area contributed by atoms with Crippen LogP contribution in [0.1, 0.15) is 49.4 Å². The maximum absolute atomic E-state index is 12.0. The highest BCUT2D eigenvalue weighted by Crippen LogP contribution is 2.20. The summed E-state index contributed by atoms with van der Waals surface area (Å²) in [5.41, 5.74) is 0.0661. The molecule has 2 rings (SSSR count). The van der Waals surface area contributed by atoms with Crippen LogP contribution in [-0.2, 0) is 19.6 Å². The average molecular weight is 360 g/mol. The summed E-state index contributed by atoms with van der Waals surface area (Å²) >= 11 is 0.834. The SMILES string of the molecule is CC(OC(=O)c1csc(S(N)(=O)=O)c1)C(=O)NC1CCCCC1. The van der Waals surface area contributed by atoms with Crippen molar-refractivity contribution in [3.05, 3.63) is 17.0 Å². The third-order valence-electron chi connectivity index (χ3n) is 3.70. The molecule has 0 aromatic carbocycles. The smallest absolute Gasteiger partial charge is 0.339 e. The Labute approximate surface area is 139 Å². The molecule has 0 aliphatic heterocycles. The molecule has 1 aliphatic rings. The highest BCUT2D eigenvalue weighted by Gasteiger charge is 2.24. The summed E-state index contributed by atoms with van der Waals surface area (Å²) < 4.78 is 27.3. The molecule has 128 valence electrons. The number of nitrogens with one attached hydrogen (secondary N) is 1. The zero-order chi connectivity index (χ0) is 17.0. The predicted octanol–water partition coefficient (Wildman–Crippen LogP) is 1.39. The van der Waals surface area contributed by atoms with E-state index in [1.807, 2.05) is 0 Å². The zero-order valence-corrected chi connectivity index (χ0v) is 14.4. The normalized spacial score (nSPS) is 17.5. The Morgan fingerprint density at radius 2 is 2.00 bits per heavy atom. The van der Waals surface area contributed by atoms with Gasteiger partial charge in [0.2, 0.25) is 10.0 Å². The molecule has 1 atom stereocenters. The summed E-state index contributed by atoms with van der Waals surface area (Å²) in [5, 5.41) is 9.21. The lowest BCUT2D eigenvalue weighted by Crippen LogP contribution is -2.42. The van der Waals surface area contributed by atoms with Crippen LogP contribution in [0.5, 0.6) is 0 Å². The Morgan fingerprint density at radius 3 is 2.57 bits per heavy atom. The lowest BCUT2D eigenvalue weighted by molar-refractivity contribution is -0.130. The minimum absolute atomic E-state index is 0.0661. The van der Waals surface area contributed by atoms with Gasteiger partial charge in [-0.15, -0.1) is 11.3 Å². The molecule has 23 heavy (non-hydrogen) atoms. The van der Waals surface area contributed by atoms with Crippen LogP contribution in [0.3, 0.4) is 0 Å². The third kappa shape index (κ3) is 5.02. The van der Waals surface area contributed by atoms with E-state index in [1.165, 1.54) is 18.7 Å². The third-order valence-corrected chi connectivity index (χ3v) is 6.08. The van der Waals surface area contributed by atoms with Gasteiger partial charge < -0.3 is 10.1 Å². The van der Waals surface area contributed by atoms with Crippen molar-refractivity contribution < 1.29 is 22.7 Å². The Bertz CT molecular complexity index is 677. The van der Waals surface area contributed by atoms with Crippen molar-refractivity contribution in [2.24, 2.45) is 5.14 Å². The number of carbonyl (C=O) groups excluding carboxylic acids is 2. The van der Waals surface area contributed by atoms with E-state index in [0.717, 1.165) is 43.1 Å². The van der Waals surface area contributed by atoms with Gasteiger partial charge in [0.1, 0.15) is 4.21 Å². The Kier molecular flexibility index (Phi) is 5.77. The molecule has 1 aromatic heterocycles. The molecule has 0 saturated heterocycles. The number of hydrogen-bond donors (Lipinski definition) is 2. The number of thiophene rings is 1. The van der Waals surface area contributed by atoms with E-state index in [0.29, 0.717) is 0 Å². The van der Waals surface area contributed by atoms with Crippen molar-refractivity contribution in [2.45, 2.75) is 55.4 Å². The number of carbonyl (C=O) groups is 2. The topological polar surface area (TPSA) is 116 Å². The molecule has 3 N–H and O–H groups in total. The lowest BCUT2D eigenvalue weighted by atomic mass is 9.95. The number of primary sulfonamides is 1. The molecule has 1 aliphatic carbocycles. The van der Waals surface area contributed by atoms with Gasteiger partial charge in [0.05, 0.1) is 5.56 Å². The standard InChI is InChI=1S/C14H20N2O5S2/c1-9(13(17)16-11-5-3-2-4-6-11)21-14(18)10-7-12(22-8-10)23(15,19)20/h7-9,11H,2-6H2,1H3,(H,16,17)(H2,15,19,20). The Hall–Kier alpha value is -1.45. The summed E-state index contributed by atoms with van der Waals surface area (Å²) in [6.07, 6.45) is 4.29. The lowest BCUT2D eigenvalue weighted by Gasteiger charge is -2.24. The van der Waals surface area contributed by atoms with E-state index in [9.17, 15) is 18.0 Å². The van der Waals surface area contributed by atoms with E-state index in [1.54, 1.807) is 0 Å². The Balaban J connectivity index is 1.91. The highest BCUT2D eigenvalue weighted by atomic mass is 32.2. The van der Waals surface area contributed by atoms with Crippen molar-refractivity contribution in [3.63, 3.8) is 0 Å². The van der Waals surface area contributed by atoms with Crippen LogP contribution in [0.4, 0.5) is 0 Å². The van der Waals surface area contributed by atoms with Crippen molar-refractivity contribution in [2.75, 3.05) is 0 Å². The van der Waals surface area contributed by atoms with Gasteiger partial charge >= 0.3 is 5.97 Å². The first-order chi connectivity index (χ1) is 10.8. The molecule has 1 heterocycles. The van der Waals surface area contributed by atoms with Crippen LogP contribution in [0, 0.1) is 0 Å². The maximum Gasteiger partial charge on any atom is 0.339 e. The van der Waals surface area contributed by atoms with Gasteiger partial charge in [0, 0.05) is 11.4 Å². The number of amides is 1. The quantitative estimate of drug-likeness (QED) is 0.770. The van der Waals surface area contributed by atoms with Crippen molar-refractivity contribution in [3.8, 4) is 0 Å².